The molecule has 8 heteroatoms. The van der Waals surface area contributed by atoms with Gasteiger partial charge in [-0.15, -0.1) is 0 Å². The minimum Gasteiger partial charge on any atom is -0.497 e. The van der Waals surface area contributed by atoms with E-state index >= 15 is 0 Å². The van der Waals surface area contributed by atoms with Crippen molar-refractivity contribution in [1.82, 2.24) is 9.66 Å². The number of nitrogens with zero attached hydrogens (tertiary/aromatic N) is 5. The molecule has 1 atom stereocenters. The summed E-state index contributed by atoms with van der Waals surface area (Å²) in [7, 11) is 1.73. The lowest BCUT2D eigenvalue weighted by Crippen LogP contribution is -2.51. The lowest BCUT2D eigenvalue weighted by atomic mass is 9.81. The van der Waals surface area contributed by atoms with Gasteiger partial charge in [0.25, 0.3) is 0 Å². The largest absolute Gasteiger partial charge is 0.497 e. The van der Waals surface area contributed by atoms with E-state index in [2.05, 4.69) is 68.7 Å². The number of quaternary nitrogens is 1. The second kappa shape index (κ2) is 12.2. The average molecular weight is 589 g/mol. The zero-order chi connectivity index (χ0) is 29.9. The quantitative estimate of drug-likeness (QED) is 0.154. The highest BCUT2D eigenvalue weighted by atomic mass is 16.8. The van der Waals surface area contributed by atoms with Crippen LogP contribution in [0.2, 0.25) is 0 Å². The van der Waals surface area contributed by atoms with Crippen LogP contribution in [0, 0.1) is 0 Å². The van der Waals surface area contributed by atoms with Crippen molar-refractivity contribution in [3.05, 3.63) is 103 Å². The third kappa shape index (κ3) is 5.36. The Balaban J connectivity index is 0.948. The number of para-hydroxylation sites is 1. The predicted molar refractivity (Wildman–Crippen MR) is 173 cm³/mol. The maximum Gasteiger partial charge on any atom is 0.360 e. The van der Waals surface area contributed by atoms with Crippen LogP contribution in [0.5, 0.6) is 5.75 Å². The number of rotatable bonds is 8. The van der Waals surface area contributed by atoms with Crippen molar-refractivity contribution in [1.29, 1.82) is 0 Å². The molecular weight excluding hydrogens is 550 g/mol. The van der Waals surface area contributed by atoms with Crippen molar-refractivity contribution in [2.24, 2.45) is 10.3 Å². The molecule has 0 bridgehead atoms. The molecule has 1 saturated heterocycles. The molecule has 2 heterocycles. The van der Waals surface area contributed by atoms with Gasteiger partial charge in [-0.05, 0) is 90.8 Å². The van der Waals surface area contributed by atoms with Crippen LogP contribution in [0.4, 0.5) is 22.7 Å². The summed E-state index contributed by atoms with van der Waals surface area (Å²) in [6.07, 6.45) is 5.09. The summed E-state index contributed by atoms with van der Waals surface area (Å²) in [5.74, 6) is 1.60. The first-order valence-corrected chi connectivity index (χ1v) is 15.5. The fourth-order valence-corrected chi connectivity index (χ4v) is 7.07. The molecule has 1 unspecified atom stereocenters. The van der Waals surface area contributed by atoms with Crippen molar-refractivity contribution in [2.75, 3.05) is 38.2 Å². The molecule has 1 aliphatic carbocycles. The monoisotopic (exact) mass is 588 g/mol. The number of piperazine rings is 1. The van der Waals surface area contributed by atoms with Gasteiger partial charge in [-0.3, -0.25) is 4.90 Å². The average Bonchev–Trinajstić information content (AvgIpc) is 3.48. The van der Waals surface area contributed by atoms with Gasteiger partial charge < -0.3 is 9.64 Å². The number of anilines is 1. The summed E-state index contributed by atoms with van der Waals surface area (Å²) in [6, 6.07) is 33.7. The first-order chi connectivity index (χ1) is 21.7. The molecule has 4 aromatic rings. The maximum atomic E-state index is 11.4. The number of fused-ring (bicyclic) bond motifs is 1. The van der Waals surface area contributed by atoms with E-state index in [0.29, 0.717) is 35.5 Å². The molecule has 0 radical (unpaired) electrons. The van der Waals surface area contributed by atoms with Crippen LogP contribution in [-0.4, -0.2) is 50.7 Å². The van der Waals surface area contributed by atoms with Crippen molar-refractivity contribution in [2.45, 2.75) is 37.6 Å². The van der Waals surface area contributed by atoms with Gasteiger partial charge in [0.1, 0.15) is 5.75 Å². The Hall–Kier alpha value is -4.53. The second-order valence-corrected chi connectivity index (χ2v) is 11.9. The van der Waals surface area contributed by atoms with Crippen LogP contribution in [0.25, 0.3) is 11.1 Å². The molecule has 8 nitrogen and oxygen atoms in total. The van der Waals surface area contributed by atoms with Crippen molar-refractivity contribution in [3.8, 4) is 16.9 Å². The Morgan fingerprint density at radius 1 is 0.773 bits per heavy atom. The third-order valence-corrected chi connectivity index (χ3v) is 9.58. The van der Waals surface area contributed by atoms with Crippen LogP contribution in [0.15, 0.2) is 107 Å². The first-order valence-electron chi connectivity index (χ1n) is 15.5. The lowest BCUT2D eigenvalue weighted by molar-refractivity contribution is -0.156. The molecule has 0 spiro atoms. The van der Waals surface area contributed by atoms with Gasteiger partial charge in [0.05, 0.1) is 17.1 Å². The van der Waals surface area contributed by atoms with E-state index in [0.717, 1.165) is 43.1 Å². The number of carbonyl (C=O) groups is 1. The van der Waals surface area contributed by atoms with Gasteiger partial charge in [0, 0.05) is 56.1 Å². The molecule has 0 amide bonds. The van der Waals surface area contributed by atoms with Gasteiger partial charge in [0.2, 0.25) is 11.4 Å². The third-order valence-electron chi connectivity index (χ3n) is 9.58. The Morgan fingerprint density at radius 2 is 1.43 bits per heavy atom. The fraction of sp³-hybridized carbons (Fsp3) is 0.306. The molecule has 44 heavy (non-hydrogen) atoms. The highest BCUT2D eigenvalue weighted by Gasteiger charge is 2.45. The molecule has 3 aliphatic rings. The number of hydrogen-bond donors (Lipinski definition) is 0. The van der Waals surface area contributed by atoms with Crippen LogP contribution in [0.3, 0.4) is 0 Å². The van der Waals surface area contributed by atoms with E-state index in [9.17, 15) is 4.79 Å². The van der Waals surface area contributed by atoms with Crippen molar-refractivity contribution >= 4 is 29.2 Å². The van der Waals surface area contributed by atoms with E-state index in [1.54, 1.807) is 7.11 Å². The second-order valence-electron chi connectivity index (χ2n) is 11.9. The Kier molecular flexibility index (Phi) is 7.85. The van der Waals surface area contributed by atoms with Gasteiger partial charge in [-0.1, -0.05) is 41.5 Å². The SMILES string of the molecule is COc1ccc([C@H]2CC[C@H](N3CCN(c4ccc(-c5ccc([N+]6(OC=O)N=Nc7ccccc76)cc5)cc4)CC3)CC2)cc1. The Labute approximate surface area is 258 Å². The molecule has 224 valence electrons. The summed E-state index contributed by atoms with van der Waals surface area (Å²) in [5, 5.41) is 8.55. The Morgan fingerprint density at radius 3 is 2.09 bits per heavy atom. The summed E-state index contributed by atoms with van der Waals surface area (Å²) in [6.45, 7) is 4.76. The predicted octanol–water partition coefficient (Wildman–Crippen LogP) is 7.95. The number of methoxy groups -OCH3 is 1. The molecule has 2 aliphatic heterocycles. The number of benzene rings is 4. The highest BCUT2D eigenvalue weighted by Crippen LogP contribution is 2.47. The van der Waals surface area contributed by atoms with Crippen LogP contribution < -0.4 is 14.4 Å². The minimum atomic E-state index is -0.422. The van der Waals surface area contributed by atoms with E-state index in [1.807, 2.05) is 48.5 Å². The molecule has 2 fully saturated rings. The molecule has 0 N–H and O–H groups in total. The number of carbonyl (C=O) groups excluding carboxylic acids is 1. The minimum absolute atomic E-state index is 0.419. The van der Waals surface area contributed by atoms with E-state index in [1.165, 1.54) is 36.9 Å². The zero-order valence-electron chi connectivity index (χ0n) is 25.1. The lowest BCUT2D eigenvalue weighted by Gasteiger charge is -2.42. The van der Waals surface area contributed by atoms with Crippen LogP contribution >= 0.6 is 0 Å². The summed E-state index contributed by atoms with van der Waals surface area (Å²) < 4.78 is 4.91. The van der Waals surface area contributed by atoms with Gasteiger partial charge in [-0.2, -0.15) is 0 Å². The topological polar surface area (TPSA) is 66.7 Å². The highest BCUT2D eigenvalue weighted by molar-refractivity contribution is 5.74. The van der Waals surface area contributed by atoms with Gasteiger partial charge in [0.15, 0.2) is 5.69 Å². The number of ether oxygens (including phenoxy) is 1. The van der Waals surface area contributed by atoms with E-state index < -0.39 is 4.76 Å². The summed E-state index contributed by atoms with van der Waals surface area (Å²) >= 11 is 0. The molecule has 7 rings (SSSR count). The molecule has 0 aromatic heterocycles. The standard InChI is InChI=1S/C36H38N5O3/c1-43-34-20-12-30(13-21-34)28-8-16-32(17-9-28)40-24-22-39(23-25-40)31-14-6-27(7-15-31)29-10-18-33(19-11-29)41(44-26-42)36-5-3-2-4-35(36)37-38-41/h2-7,10-15,18-21,26,28,32H,8-9,16-17,22-25H2,1H3/q+1/t28-,32-,41?. The van der Waals surface area contributed by atoms with Gasteiger partial charge >= 0.3 is 6.47 Å². The van der Waals surface area contributed by atoms with Crippen molar-refractivity contribution < 1.29 is 14.4 Å². The summed E-state index contributed by atoms with van der Waals surface area (Å²) in [4.78, 5) is 22.1. The Bertz CT molecular complexity index is 1610. The van der Waals surface area contributed by atoms with Gasteiger partial charge in [-0.25, -0.2) is 9.63 Å². The van der Waals surface area contributed by atoms with Crippen LogP contribution in [-0.2, 0) is 9.63 Å². The fourth-order valence-electron chi connectivity index (χ4n) is 7.07. The zero-order valence-corrected chi connectivity index (χ0v) is 25.1. The number of hydrogen-bond acceptors (Lipinski definition) is 7. The van der Waals surface area contributed by atoms with E-state index in [4.69, 9.17) is 9.57 Å². The van der Waals surface area contributed by atoms with Crippen molar-refractivity contribution in [3.63, 3.8) is 0 Å². The van der Waals surface area contributed by atoms with E-state index in [-0.39, 0.29) is 0 Å². The maximum absolute atomic E-state index is 11.4. The molecular formula is C36H38N5O3+. The van der Waals surface area contributed by atoms with Crippen LogP contribution in [0.1, 0.15) is 37.2 Å². The first kappa shape index (κ1) is 28.3. The normalized spacial score (nSPS) is 23.2. The summed E-state index contributed by atoms with van der Waals surface area (Å²) in [5.41, 5.74) is 7.05. The smallest absolute Gasteiger partial charge is 0.360 e. The molecule has 4 aromatic carbocycles. The molecule has 1 saturated carbocycles.